The van der Waals surface area contributed by atoms with Gasteiger partial charge in [0.1, 0.15) is 5.60 Å². The van der Waals surface area contributed by atoms with Gasteiger partial charge in [0, 0.05) is 11.4 Å². The van der Waals surface area contributed by atoms with Crippen molar-refractivity contribution >= 4 is 11.6 Å². The third-order valence-corrected chi connectivity index (χ3v) is 2.68. The van der Waals surface area contributed by atoms with Crippen molar-refractivity contribution in [2.45, 2.75) is 12.0 Å². The van der Waals surface area contributed by atoms with Gasteiger partial charge in [-0.25, -0.2) is 0 Å². The molecule has 0 aromatic heterocycles. The fraction of sp³-hybridized carbons (Fsp3) is 0.400. The van der Waals surface area contributed by atoms with Gasteiger partial charge in [-0.1, -0.05) is 29.8 Å². The normalized spacial score (nSPS) is 26.0. The highest BCUT2D eigenvalue weighted by molar-refractivity contribution is 6.31. The van der Waals surface area contributed by atoms with Crippen molar-refractivity contribution in [2.75, 3.05) is 13.2 Å². The van der Waals surface area contributed by atoms with Crippen LogP contribution in [0.25, 0.3) is 0 Å². The molecule has 1 unspecified atom stereocenters. The smallest absolute Gasteiger partial charge is 0.119 e. The molecule has 0 amide bonds. The minimum absolute atomic E-state index is 0.0677. The Hall–Kier alpha value is -0.570. The van der Waals surface area contributed by atoms with Gasteiger partial charge in [0.05, 0.1) is 13.2 Å². The number of aliphatic hydroxyl groups excluding tert-OH is 1. The number of hydrogen-bond donors (Lipinski definition) is 1. The van der Waals surface area contributed by atoms with Gasteiger partial charge in [0.15, 0.2) is 0 Å². The minimum atomic E-state index is -0.342. The van der Waals surface area contributed by atoms with Gasteiger partial charge in [-0.15, -0.1) is 0 Å². The number of ether oxygens (including phenoxy) is 1. The zero-order valence-electron chi connectivity index (χ0n) is 7.16. The molecule has 0 spiro atoms. The molecule has 1 aromatic carbocycles. The number of hydrogen-bond acceptors (Lipinski definition) is 2. The molecule has 1 aromatic rings. The van der Waals surface area contributed by atoms with Gasteiger partial charge >= 0.3 is 0 Å². The molecular weight excluding hydrogens is 188 g/mol. The second kappa shape index (κ2) is 3.29. The summed E-state index contributed by atoms with van der Waals surface area (Å²) in [6.07, 6.45) is 0.698. The first-order valence-electron chi connectivity index (χ1n) is 4.24. The average molecular weight is 199 g/mol. The van der Waals surface area contributed by atoms with E-state index in [4.69, 9.17) is 21.4 Å². The zero-order valence-corrected chi connectivity index (χ0v) is 7.92. The summed E-state index contributed by atoms with van der Waals surface area (Å²) in [4.78, 5) is 0. The first kappa shape index (κ1) is 9.00. The van der Waals surface area contributed by atoms with Crippen LogP contribution in [0.1, 0.15) is 5.56 Å². The van der Waals surface area contributed by atoms with E-state index >= 15 is 0 Å². The molecule has 3 heteroatoms. The molecule has 2 rings (SSSR count). The van der Waals surface area contributed by atoms with Gasteiger partial charge in [-0.2, -0.15) is 0 Å². The summed E-state index contributed by atoms with van der Waals surface area (Å²) in [7, 11) is 0. The van der Waals surface area contributed by atoms with Crippen LogP contribution in [0.2, 0.25) is 5.02 Å². The van der Waals surface area contributed by atoms with Gasteiger partial charge < -0.3 is 9.84 Å². The Bertz CT molecular complexity index is 308. The Morgan fingerprint density at radius 1 is 1.46 bits per heavy atom. The van der Waals surface area contributed by atoms with Crippen LogP contribution in [0.15, 0.2) is 24.3 Å². The van der Waals surface area contributed by atoms with E-state index in [1.165, 1.54) is 0 Å². The molecule has 0 saturated carbocycles. The Morgan fingerprint density at radius 3 is 2.69 bits per heavy atom. The monoisotopic (exact) mass is 198 g/mol. The molecule has 1 fully saturated rings. The topological polar surface area (TPSA) is 32.8 Å². The molecule has 1 saturated heterocycles. The summed E-state index contributed by atoms with van der Waals surface area (Å²) < 4.78 is 5.20. The lowest BCUT2D eigenvalue weighted by molar-refractivity contribution is 0.171. The zero-order chi connectivity index (χ0) is 9.31. The van der Waals surface area contributed by atoms with Crippen LogP contribution >= 0.6 is 11.6 Å². The number of epoxide rings is 1. The Morgan fingerprint density at radius 2 is 2.15 bits per heavy atom. The summed E-state index contributed by atoms with van der Waals surface area (Å²) in [5, 5.41) is 9.78. The largest absolute Gasteiger partial charge is 0.393 e. The summed E-state index contributed by atoms with van der Waals surface area (Å²) >= 11 is 5.98. The van der Waals surface area contributed by atoms with E-state index in [0.717, 1.165) is 10.6 Å². The summed E-state index contributed by atoms with van der Waals surface area (Å²) in [5.74, 6) is 0. The summed E-state index contributed by atoms with van der Waals surface area (Å²) in [6, 6.07) is 7.64. The summed E-state index contributed by atoms with van der Waals surface area (Å²) in [5.41, 5.74) is 0.695. The van der Waals surface area contributed by atoms with Gasteiger partial charge in [-0.3, -0.25) is 0 Å². The number of rotatable bonds is 3. The van der Waals surface area contributed by atoms with Crippen LogP contribution in [-0.4, -0.2) is 23.9 Å². The van der Waals surface area contributed by atoms with E-state index in [0.29, 0.717) is 13.0 Å². The summed E-state index contributed by atoms with van der Waals surface area (Å²) in [6.45, 7) is 0.701. The molecule has 1 aliphatic heterocycles. The van der Waals surface area contributed by atoms with Crippen LogP contribution in [-0.2, 0) is 11.2 Å². The Balaban J connectivity index is 2.14. The molecule has 1 N–H and O–H groups in total. The van der Waals surface area contributed by atoms with Crippen LogP contribution in [0.3, 0.4) is 0 Å². The molecule has 2 nitrogen and oxygen atoms in total. The quantitative estimate of drug-likeness (QED) is 0.750. The molecule has 1 aliphatic rings. The average Bonchev–Trinajstić information content (AvgIpc) is 2.90. The molecule has 0 radical (unpaired) electrons. The molecule has 0 aliphatic carbocycles. The predicted octanol–water partition coefficient (Wildman–Crippen LogP) is 1.64. The van der Waals surface area contributed by atoms with Crippen molar-refractivity contribution in [3.05, 3.63) is 34.9 Å². The lowest BCUT2D eigenvalue weighted by Gasteiger charge is -2.09. The van der Waals surface area contributed by atoms with E-state index < -0.39 is 0 Å². The lowest BCUT2D eigenvalue weighted by Crippen LogP contribution is -2.20. The van der Waals surface area contributed by atoms with Gasteiger partial charge in [0.2, 0.25) is 0 Å². The van der Waals surface area contributed by atoms with E-state index in [9.17, 15) is 0 Å². The van der Waals surface area contributed by atoms with Crippen molar-refractivity contribution in [1.29, 1.82) is 0 Å². The second-order valence-corrected chi connectivity index (χ2v) is 3.81. The standard InChI is InChI=1S/C10H11ClO2/c11-9-4-2-1-3-8(9)5-10(6-12)7-13-10/h1-4,12H,5-7H2. The molecule has 70 valence electrons. The highest BCUT2D eigenvalue weighted by Crippen LogP contribution is 2.32. The molecular formula is C10H11ClO2. The van der Waals surface area contributed by atoms with E-state index in [1.54, 1.807) is 0 Å². The highest BCUT2D eigenvalue weighted by Gasteiger charge is 2.44. The van der Waals surface area contributed by atoms with Crippen LogP contribution < -0.4 is 0 Å². The lowest BCUT2D eigenvalue weighted by atomic mass is 10.0. The van der Waals surface area contributed by atoms with E-state index in [-0.39, 0.29) is 12.2 Å². The maximum atomic E-state index is 9.04. The van der Waals surface area contributed by atoms with Crippen molar-refractivity contribution in [2.24, 2.45) is 0 Å². The van der Waals surface area contributed by atoms with Gasteiger partial charge in [-0.05, 0) is 11.6 Å². The van der Waals surface area contributed by atoms with Gasteiger partial charge in [0.25, 0.3) is 0 Å². The predicted molar refractivity (Wildman–Crippen MR) is 50.9 cm³/mol. The minimum Gasteiger partial charge on any atom is -0.393 e. The van der Waals surface area contributed by atoms with E-state index in [1.807, 2.05) is 24.3 Å². The maximum absolute atomic E-state index is 9.04. The Kier molecular flexibility index (Phi) is 2.28. The molecule has 1 heterocycles. The number of benzene rings is 1. The third-order valence-electron chi connectivity index (χ3n) is 2.31. The molecule has 0 bridgehead atoms. The van der Waals surface area contributed by atoms with Crippen LogP contribution in [0.4, 0.5) is 0 Å². The van der Waals surface area contributed by atoms with Crippen molar-refractivity contribution in [3.63, 3.8) is 0 Å². The van der Waals surface area contributed by atoms with Crippen molar-refractivity contribution in [1.82, 2.24) is 0 Å². The van der Waals surface area contributed by atoms with E-state index in [2.05, 4.69) is 0 Å². The SMILES string of the molecule is OCC1(Cc2ccccc2Cl)CO1. The van der Waals surface area contributed by atoms with Crippen LogP contribution in [0.5, 0.6) is 0 Å². The van der Waals surface area contributed by atoms with Crippen molar-refractivity contribution < 1.29 is 9.84 Å². The third kappa shape index (κ3) is 1.85. The molecule has 1 atom stereocenters. The van der Waals surface area contributed by atoms with Crippen LogP contribution in [0, 0.1) is 0 Å². The first-order valence-corrected chi connectivity index (χ1v) is 4.62. The molecule has 13 heavy (non-hydrogen) atoms. The Labute approximate surface area is 82.1 Å². The number of halogens is 1. The maximum Gasteiger partial charge on any atom is 0.119 e. The number of aliphatic hydroxyl groups is 1. The fourth-order valence-electron chi connectivity index (χ4n) is 1.34. The highest BCUT2D eigenvalue weighted by atomic mass is 35.5. The second-order valence-electron chi connectivity index (χ2n) is 3.40. The fourth-order valence-corrected chi connectivity index (χ4v) is 1.54. The van der Waals surface area contributed by atoms with Crippen molar-refractivity contribution in [3.8, 4) is 0 Å². The first-order chi connectivity index (χ1) is 6.26.